The van der Waals surface area contributed by atoms with Gasteiger partial charge < -0.3 is 14.8 Å². The molecule has 0 spiro atoms. The highest BCUT2D eigenvalue weighted by Crippen LogP contribution is 2.28. The van der Waals surface area contributed by atoms with Crippen molar-refractivity contribution in [3.05, 3.63) is 18.2 Å². The Labute approximate surface area is 148 Å². The van der Waals surface area contributed by atoms with Crippen molar-refractivity contribution >= 4 is 27.6 Å². The van der Waals surface area contributed by atoms with E-state index < -0.39 is 28.5 Å². The third kappa shape index (κ3) is 6.02. The highest BCUT2D eigenvalue weighted by molar-refractivity contribution is 7.89. The van der Waals surface area contributed by atoms with E-state index in [9.17, 15) is 18.0 Å². The second-order valence-electron chi connectivity index (χ2n) is 5.46. The number of benzene rings is 1. The van der Waals surface area contributed by atoms with Gasteiger partial charge in [-0.3, -0.25) is 9.59 Å². The topological polar surface area (TPSA) is 102 Å². The lowest BCUT2D eigenvalue weighted by Crippen LogP contribution is -2.23. The maximum Gasteiger partial charge on any atom is 0.306 e. The molecular weight excluding hydrogens is 348 g/mol. The van der Waals surface area contributed by atoms with Gasteiger partial charge in [0, 0.05) is 20.5 Å². The molecule has 1 N–H and O–H groups in total. The number of hydrogen-bond donors (Lipinski definition) is 1. The second-order valence-corrected chi connectivity index (χ2v) is 7.61. The van der Waals surface area contributed by atoms with E-state index in [1.54, 1.807) is 0 Å². The van der Waals surface area contributed by atoms with Crippen LogP contribution < -0.4 is 10.1 Å². The van der Waals surface area contributed by atoms with Crippen molar-refractivity contribution in [2.75, 3.05) is 33.1 Å². The minimum Gasteiger partial charge on any atom is -0.495 e. The van der Waals surface area contributed by atoms with Gasteiger partial charge in [-0.15, -0.1) is 0 Å². The Bertz CT molecular complexity index is 715. The van der Waals surface area contributed by atoms with Crippen LogP contribution in [0.5, 0.6) is 5.75 Å². The number of nitrogens with zero attached hydrogens (tertiary/aromatic N) is 1. The number of anilines is 1. The first-order chi connectivity index (χ1) is 11.7. The third-order valence-corrected chi connectivity index (χ3v) is 5.13. The van der Waals surface area contributed by atoms with Gasteiger partial charge in [0.25, 0.3) is 5.91 Å². The molecular formula is C16H24N2O6S. The first-order valence-corrected chi connectivity index (χ1v) is 9.22. The first-order valence-electron chi connectivity index (χ1n) is 7.78. The summed E-state index contributed by atoms with van der Waals surface area (Å²) in [5.74, 6) is -0.737. The van der Waals surface area contributed by atoms with E-state index in [0.717, 1.165) is 10.7 Å². The summed E-state index contributed by atoms with van der Waals surface area (Å²) in [5.41, 5.74) is 0.181. The number of rotatable bonds is 9. The van der Waals surface area contributed by atoms with Gasteiger partial charge in [0.15, 0.2) is 6.61 Å². The molecule has 0 aromatic heterocycles. The van der Waals surface area contributed by atoms with E-state index in [2.05, 4.69) is 5.32 Å². The van der Waals surface area contributed by atoms with Crippen LogP contribution in [0.15, 0.2) is 23.1 Å². The molecule has 0 aliphatic heterocycles. The van der Waals surface area contributed by atoms with Gasteiger partial charge in [-0.25, -0.2) is 12.7 Å². The Hall–Kier alpha value is -2.13. The van der Waals surface area contributed by atoms with E-state index >= 15 is 0 Å². The fourth-order valence-corrected chi connectivity index (χ4v) is 2.81. The standard InChI is InChI=1S/C16H24N2O6S/c1-5-6-7-16(20)24-11-15(19)17-13-10-12(8-9-14(13)23-4)25(21,22)18(2)3/h8-10H,5-7,11H2,1-4H3,(H,17,19). The van der Waals surface area contributed by atoms with Gasteiger partial charge in [-0.05, 0) is 24.6 Å². The summed E-state index contributed by atoms with van der Waals surface area (Å²) < 4.78 is 35.4. The Balaban J connectivity index is 2.86. The number of carbonyl (C=O) groups excluding carboxylic acids is 2. The van der Waals surface area contributed by atoms with Gasteiger partial charge in [-0.1, -0.05) is 13.3 Å². The summed E-state index contributed by atoms with van der Waals surface area (Å²) in [7, 11) is 0.564. The molecule has 140 valence electrons. The third-order valence-electron chi connectivity index (χ3n) is 3.32. The van der Waals surface area contributed by atoms with E-state index in [1.807, 2.05) is 6.92 Å². The van der Waals surface area contributed by atoms with Crippen molar-refractivity contribution in [1.82, 2.24) is 4.31 Å². The number of hydrogen-bond acceptors (Lipinski definition) is 6. The zero-order chi connectivity index (χ0) is 19.0. The number of sulfonamides is 1. The average molecular weight is 372 g/mol. The van der Waals surface area contributed by atoms with Gasteiger partial charge in [0.1, 0.15) is 5.75 Å². The number of esters is 1. The highest BCUT2D eigenvalue weighted by Gasteiger charge is 2.20. The molecule has 0 aliphatic carbocycles. The summed E-state index contributed by atoms with van der Waals surface area (Å²) in [5, 5.41) is 2.50. The van der Waals surface area contributed by atoms with E-state index in [4.69, 9.17) is 9.47 Å². The van der Waals surface area contributed by atoms with Gasteiger partial charge in [0.05, 0.1) is 17.7 Å². The largest absolute Gasteiger partial charge is 0.495 e. The lowest BCUT2D eigenvalue weighted by atomic mass is 10.2. The summed E-state index contributed by atoms with van der Waals surface area (Å²) in [4.78, 5) is 23.4. The van der Waals surface area contributed by atoms with Crippen molar-refractivity contribution in [3.8, 4) is 5.75 Å². The van der Waals surface area contributed by atoms with Gasteiger partial charge in [-0.2, -0.15) is 0 Å². The molecule has 0 atom stereocenters. The summed E-state index contributed by atoms with van der Waals surface area (Å²) in [6, 6.07) is 4.12. The maximum atomic E-state index is 12.2. The van der Waals surface area contributed by atoms with E-state index in [1.165, 1.54) is 39.4 Å². The molecule has 25 heavy (non-hydrogen) atoms. The summed E-state index contributed by atoms with van der Waals surface area (Å²) in [6.07, 6.45) is 1.80. The molecule has 8 nitrogen and oxygen atoms in total. The highest BCUT2D eigenvalue weighted by atomic mass is 32.2. The van der Waals surface area contributed by atoms with Crippen LogP contribution in [0.3, 0.4) is 0 Å². The summed E-state index contributed by atoms with van der Waals surface area (Å²) >= 11 is 0. The number of carbonyl (C=O) groups is 2. The fraction of sp³-hybridized carbons (Fsp3) is 0.500. The smallest absolute Gasteiger partial charge is 0.306 e. The predicted octanol–water partition coefficient (Wildman–Crippen LogP) is 1.62. The van der Waals surface area contributed by atoms with Crippen molar-refractivity contribution < 1.29 is 27.5 Å². The van der Waals surface area contributed by atoms with Crippen LogP contribution in [-0.4, -0.2) is 52.4 Å². The van der Waals surface area contributed by atoms with Crippen LogP contribution in [0.4, 0.5) is 5.69 Å². The van der Waals surface area contributed by atoms with Gasteiger partial charge in [0.2, 0.25) is 10.0 Å². The van der Waals surface area contributed by atoms with Crippen molar-refractivity contribution in [2.24, 2.45) is 0 Å². The number of unbranched alkanes of at least 4 members (excludes halogenated alkanes) is 1. The molecule has 0 aliphatic rings. The van der Waals surface area contributed by atoms with Crippen molar-refractivity contribution in [3.63, 3.8) is 0 Å². The predicted molar refractivity (Wildman–Crippen MR) is 93.0 cm³/mol. The molecule has 0 saturated heterocycles. The molecule has 1 rings (SSSR count). The Kier molecular flexibility index (Phi) is 7.85. The SMILES string of the molecule is CCCCC(=O)OCC(=O)Nc1cc(S(=O)(=O)N(C)C)ccc1OC. The lowest BCUT2D eigenvalue weighted by molar-refractivity contribution is -0.147. The van der Waals surface area contributed by atoms with Crippen LogP contribution in [0.25, 0.3) is 0 Å². The van der Waals surface area contributed by atoms with Crippen LogP contribution in [0, 0.1) is 0 Å². The van der Waals surface area contributed by atoms with Crippen LogP contribution in [-0.2, 0) is 24.3 Å². The Morgan fingerprint density at radius 2 is 1.92 bits per heavy atom. The second kappa shape index (κ2) is 9.38. The number of amides is 1. The fourth-order valence-electron chi connectivity index (χ4n) is 1.88. The van der Waals surface area contributed by atoms with Crippen LogP contribution >= 0.6 is 0 Å². The van der Waals surface area contributed by atoms with Crippen molar-refractivity contribution in [1.29, 1.82) is 0 Å². The lowest BCUT2D eigenvalue weighted by Gasteiger charge is -2.15. The summed E-state index contributed by atoms with van der Waals surface area (Å²) in [6.45, 7) is 1.50. The Morgan fingerprint density at radius 3 is 2.48 bits per heavy atom. The molecule has 1 aromatic rings. The quantitative estimate of drug-likeness (QED) is 0.661. The minimum absolute atomic E-state index is 0.00791. The molecule has 1 aromatic carbocycles. The minimum atomic E-state index is -3.66. The average Bonchev–Trinajstić information content (AvgIpc) is 2.57. The molecule has 0 fully saturated rings. The first kappa shape index (κ1) is 20.9. The normalized spacial score (nSPS) is 11.2. The molecule has 0 unspecified atom stereocenters. The Morgan fingerprint density at radius 1 is 1.24 bits per heavy atom. The van der Waals surface area contributed by atoms with Crippen molar-refractivity contribution in [2.45, 2.75) is 31.1 Å². The number of methoxy groups -OCH3 is 1. The molecule has 0 saturated carbocycles. The molecule has 0 radical (unpaired) electrons. The molecule has 0 bridgehead atoms. The van der Waals surface area contributed by atoms with Crippen LogP contribution in [0.1, 0.15) is 26.2 Å². The maximum absolute atomic E-state index is 12.2. The molecule has 0 heterocycles. The zero-order valence-corrected chi connectivity index (χ0v) is 15.7. The molecule has 9 heteroatoms. The zero-order valence-electron chi connectivity index (χ0n) is 14.9. The number of ether oxygens (including phenoxy) is 2. The van der Waals surface area contributed by atoms with Gasteiger partial charge >= 0.3 is 5.97 Å². The van der Waals surface area contributed by atoms with Crippen LogP contribution in [0.2, 0.25) is 0 Å². The monoisotopic (exact) mass is 372 g/mol. The van der Waals surface area contributed by atoms with E-state index in [-0.39, 0.29) is 17.0 Å². The number of nitrogens with one attached hydrogen (secondary N) is 1. The van der Waals surface area contributed by atoms with E-state index in [0.29, 0.717) is 12.2 Å². The molecule has 1 amide bonds.